The number of carbonyl (C=O) groups is 1. The van der Waals surface area contributed by atoms with E-state index < -0.39 is 0 Å². The van der Waals surface area contributed by atoms with Crippen LogP contribution in [-0.4, -0.2) is 51.5 Å². The molecular formula is C14H15FN4OS2. The van der Waals surface area contributed by atoms with Crippen LogP contribution in [0.5, 0.6) is 0 Å². The van der Waals surface area contributed by atoms with Crippen LogP contribution in [0, 0.1) is 5.82 Å². The smallest absolute Gasteiger partial charge is 0.233 e. The van der Waals surface area contributed by atoms with E-state index in [0.717, 1.165) is 23.8 Å². The summed E-state index contributed by atoms with van der Waals surface area (Å²) in [5, 5.41) is 0. The van der Waals surface area contributed by atoms with Crippen LogP contribution in [0.3, 0.4) is 0 Å². The molecule has 0 saturated carbocycles. The average molecular weight is 338 g/mol. The van der Waals surface area contributed by atoms with E-state index in [9.17, 15) is 9.18 Å². The molecule has 1 aliphatic rings. The highest BCUT2D eigenvalue weighted by molar-refractivity contribution is 8.00. The largest absolute Gasteiger partial charge is 0.351 e. The molecule has 1 aromatic carbocycles. The van der Waals surface area contributed by atoms with Gasteiger partial charge in [-0.3, -0.25) is 4.79 Å². The Morgan fingerprint density at radius 2 is 1.95 bits per heavy atom. The number of benzene rings is 1. The van der Waals surface area contributed by atoms with E-state index in [1.165, 1.54) is 35.6 Å². The van der Waals surface area contributed by atoms with Gasteiger partial charge in [0.2, 0.25) is 5.91 Å². The molecule has 8 heteroatoms. The Morgan fingerprint density at radius 3 is 2.59 bits per heavy atom. The fourth-order valence-corrected chi connectivity index (χ4v) is 3.49. The zero-order valence-electron chi connectivity index (χ0n) is 11.8. The molecule has 116 valence electrons. The molecule has 22 heavy (non-hydrogen) atoms. The lowest BCUT2D eigenvalue weighted by Gasteiger charge is -2.34. The van der Waals surface area contributed by atoms with Gasteiger partial charge in [0.15, 0.2) is 5.82 Å². The lowest BCUT2D eigenvalue weighted by Crippen LogP contribution is -2.49. The van der Waals surface area contributed by atoms with Crippen molar-refractivity contribution in [2.24, 2.45) is 0 Å². The van der Waals surface area contributed by atoms with Gasteiger partial charge < -0.3 is 9.80 Å². The Bertz CT molecular complexity index is 612. The number of hydrogen-bond donors (Lipinski definition) is 0. The van der Waals surface area contributed by atoms with Crippen molar-refractivity contribution in [3.8, 4) is 0 Å². The zero-order valence-corrected chi connectivity index (χ0v) is 13.4. The van der Waals surface area contributed by atoms with Gasteiger partial charge in [0.1, 0.15) is 5.82 Å². The van der Waals surface area contributed by atoms with E-state index in [0.29, 0.717) is 18.8 Å². The minimum atomic E-state index is -0.261. The van der Waals surface area contributed by atoms with Crippen LogP contribution in [0.15, 0.2) is 35.4 Å². The SMILES string of the molecule is O=C(CSc1ccc(F)cc1)N1CCN(c2cnsn2)CC1. The summed E-state index contributed by atoms with van der Waals surface area (Å²) >= 11 is 2.63. The molecule has 0 spiro atoms. The van der Waals surface area contributed by atoms with Gasteiger partial charge in [-0.25, -0.2) is 4.39 Å². The number of halogens is 1. The van der Waals surface area contributed by atoms with E-state index in [1.54, 1.807) is 18.3 Å². The zero-order chi connectivity index (χ0) is 15.4. The lowest BCUT2D eigenvalue weighted by atomic mass is 10.3. The topological polar surface area (TPSA) is 49.3 Å². The molecule has 0 atom stereocenters. The quantitative estimate of drug-likeness (QED) is 0.799. The van der Waals surface area contributed by atoms with Crippen LogP contribution in [0.4, 0.5) is 10.2 Å². The number of amides is 1. The minimum absolute atomic E-state index is 0.116. The van der Waals surface area contributed by atoms with Gasteiger partial charge in [0.05, 0.1) is 23.7 Å². The summed E-state index contributed by atoms with van der Waals surface area (Å²) in [6.45, 7) is 2.94. The first kappa shape index (κ1) is 15.2. The Morgan fingerprint density at radius 1 is 1.23 bits per heavy atom. The second-order valence-electron chi connectivity index (χ2n) is 4.88. The molecule has 2 heterocycles. The molecular weight excluding hydrogens is 323 g/mol. The van der Waals surface area contributed by atoms with E-state index in [1.807, 2.05) is 4.90 Å². The summed E-state index contributed by atoms with van der Waals surface area (Å²) in [7, 11) is 0. The fourth-order valence-electron chi connectivity index (χ4n) is 2.25. The maximum absolute atomic E-state index is 12.8. The molecule has 0 aliphatic carbocycles. The predicted octanol–water partition coefficient (Wildman–Crippen LogP) is 2.12. The van der Waals surface area contributed by atoms with Crippen LogP contribution in [0.25, 0.3) is 0 Å². The molecule has 3 rings (SSSR count). The number of aromatic nitrogens is 2. The van der Waals surface area contributed by atoms with Gasteiger partial charge >= 0.3 is 0 Å². The summed E-state index contributed by atoms with van der Waals surface area (Å²) in [5.41, 5.74) is 0. The lowest BCUT2D eigenvalue weighted by molar-refractivity contribution is -0.128. The van der Waals surface area contributed by atoms with E-state index >= 15 is 0 Å². The molecule has 0 radical (unpaired) electrons. The maximum atomic E-state index is 12.8. The fraction of sp³-hybridized carbons (Fsp3) is 0.357. The highest BCUT2D eigenvalue weighted by Gasteiger charge is 2.22. The van der Waals surface area contributed by atoms with E-state index in [-0.39, 0.29) is 11.7 Å². The number of rotatable bonds is 4. The third-order valence-corrected chi connectivity index (χ3v) is 4.95. The number of carbonyl (C=O) groups excluding carboxylic acids is 1. The van der Waals surface area contributed by atoms with Gasteiger partial charge in [0.25, 0.3) is 0 Å². The van der Waals surface area contributed by atoms with Crippen LogP contribution in [-0.2, 0) is 4.79 Å². The van der Waals surface area contributed by atoms with Crippen molar-refractivity contribution in [2.45, 2.75) is 4.90 Å². The van der Waals surface area contributed by atoms with E-state index in [4.69, 9.17) is 0 Å². The molecule has 0 bridgehead atoms. The molecule has 1 saturated heterocycles. The molecule has 1 amide bonds. The molecule has 2 aromatic rings. The molecule has 0 unspecified atom stereocenters. The van der Waals surface area contributed by atoms with Gasteiger partial charge in [0, 0.05) is 31.1 Å². The molecule has 1 aliphatic heterocycles. The Labute approximate surface area is 136 Å². The first-order valence-electron chi connectivity index (χ1n) is 6.91. The van der Waals surface area contributed by atoms with E-state index in [2.05, 4.69) is 13.6 Å². The highest BCUT2D eigenvalue weighted by Crippen LogP contribution is 2.19. The van der Waals surface area contributed by atoms with Crippen molar-refractivity contribution in [3.05, 3.63) is 36.3 Å². The number of piperazine rings is 1. The average Bonchev–Trinajstić information content (AvgIpc) is 3.09. The van der Waals surface area contributed by atoms with Crippen molar-refractivity contribution in [2.75, 3.05) is 36.8 Å². The third-order valence-electron chi connectivity index (χ3n) is 3.48. The summed E-state index contributed by atoms with van der Waals surface area (Å²) in [5.74, 6) is 1.12. The highest BCUT2D eigenvalue weighted by atomic mass is 32.2. The number of nitrogens with zero attached hydrogens (tertiary/aromatic N) is 4. The predicted molar refractivity (Wildman–Crippen MR) is 85.8 cm³/mol. The minimum Gasteiger partial charge on any atom is -0.351 e. The first-order valence-corrected chi connectivity index (χ1v) is 8.62. The second kappa shape index (κ2) is 7.06. The van der Waals surface area contributed by atoms with Gasteiger partial charge in [-0.15, -0.1) is 11.8 Å². The first-order chi connectivity index (χ1) is 10.7. The van der Waals surface area contributed by atoms with Crippen LogP contribution < -0.4 is 4.90 Å². The van der Waals surface area contributed by atoms with Crippen LogP contribution >= 0.6 is 23.5 Å². The monoisotopic (exact) mass is 338 g/mol. The summed E-state index contributed by atoms with van der Waals surface area (Å²) < 4.78 is 21.0. The van der Waals surface area contributed by atoms with Gasteiger partial charge in [-0.1, -0.05) is 0 Å². The molecule has 1 aromatic heterocycles. The number of thioether (sulfide) groups is 1. The Hall–Kier alpha value is -1.67. The Kier molecular flexibility index (Phi) is 4.89. The third kappa shape index (κ3) is 3.75. The van der Waals surface area contributed by atoms with Crippen molar-refractivity contribution in [1.29, 1.82) is 0 Å². The van der Waals surface area contributed by atoms with Crippen molar-refractivity contribution >= 4 is 35.2 Å². The maximum Gasteiger partial charge on any atom is 0.233 e. The van der Waals surface area contributed by atoms with Crippen molar-refractivity contribution in [3.63, 3.8) is 0 Å². The molecule has 0 N–H and O–H groups in total. The number of hydrogen-bond acceptors (Lipinski definition) is 6. The number of anilines is 1. The van der Waals surface area contributed by atoms with Crippen LogP contribution in [0.2, 0.25) is 0 Å². The van der Waals surface area contributed by atoms with Crippen molar-refractivity contribution in [1.82, 2.24) is 13.6 Å². The van der Waals surface area contributed by atoms with Gasteiger partial charge in [-0.2, -0.15) is 8.75 Å². The Balaban J connectivity index is 1.46. The molecule has 1 fully saturated rings. The summed E-state index contributed by atoms with van der Waals surface area (Å²) in [4.78, 5) is 17.1. The summed E-state index contributed by atoms with van der Waals surface area (Å²) in [6.07, 6.45) is 1.76. The standard InChI is InChI=1S/C14H15FN4OS2/c15-11-1-3-12(4-2-11)21-10-14(20)19-7-5-18(6-8-19)13-9-16-22-17-13/h1-4,9H,5-8,10H2. The normalized spacial score (nSPS) is 15.1. The second-order valence-corrected chi connectivity index (χ2v) is 6.48. The summed E-state index contributed by atoms with van der Waals surface area (Å²) in [6, 6.07) is 6.21. The van der Waals surface area contributed by atoms with Gasteiger partial charge in [-0.05, 0) is 24.3 Å². The molecule has 5 nitrogen and oxygen atoms in total. The van der Waals surface area contributed by atoms with Crippen LogP contribution in [0.1, 0.15) is 0 Å². The van der Waals surface area contributed by atoms with Crippen molar-refractivity contribution < 1.29 is 9.18 Å².